The third-order valence-electron chi connectivity index (χ3n) is 4.78. The Morgan fingerprint density at radius 3 is 2.67 bits per heavy atom. The fourth-order valence-corrected chi connectivity index (χ4v) is 4.40. The van der Waals surface area contributed by atoms with Crippen molar-refractivity contribution in [2.45, 2.75) is 24.6 Å². The van der Waals surface area contributed by atoms with E-state index in [-0.39, 0.29) is 11.9 Å². The minimum absolute atomic E-state index is 0.0404. The van der Waals surface area contributed by atoms with Gasteiger partial charge in [-0.15, -0.1) is 11.8 Å². The van der Waals surface area contributed by atoms with Gasteiger partial charge in [0.1, 0.15) is 11.5 Å². The van der Waals surface area contributed by atoms with E-state index in [9.17, 15) is 4.79 Å². The van der Waals surface area contributed by atoms with Gasteiger partial charge >= 0.3 is 0 Å². The van der Waals surface area contributed by atoms with Crippen LogP contribution >= 0.6 is 23.4 Å². The number of nitrogens with zero attached hydrogens (tertiary/aromatic N) is 1. The lowest BCUT2D eigenvalue weighted by Gasteiger charge is -2.26. The van der Waals surface area contributed by atoms with Gasteiger partial charge in [0, 0.05) is 22.9 Å². The van der Waals surface area contributed by atoms with Crippen molar-refractivity contribution in [1.29, 1.82) is 0 Å². The molecule has 0 N–H and O–H groups in total. The van der Waals surface area contributed by atoms with Gasteiger partial charge in [-0.1, -0.05) is 23.7 Å². The zero-order valence-electron chi connectivity index (χ0n) is 15.6. The number of carbonyl (C=O) groups is 1. The van der Waals surface area contributed by atoms with E-state index >= 15 is 0 Å². The standard InChI is InChI=1S/C21H24ClNO3S/c1-25-17-9-10-20(26-2)18(12-17)19-4-3-11-23(19)21(24)14-27-13-15-5-7-16(22)8-6-15/h5-10,12,19H,3-4,11,13-14H2,1-2H3/t19-/m1/s1. The Morgan fingerprint density at radius 1 is 1.19 bits per heavy atom. The monoisotopic (exact) mass is 405 g/mol. The third kappa shape index (κ3) is 4.90. The summed E-state index contributed by atoms with van der Waals surface area (Å²) in [6.07, 6.45) is 1.94. The second-order valence-electron chi connectivity index (χ2n) is 6.47. The van der Waals surface area contributed by atoms with Gasteiger partial charge in [-0.05, 0) is 48.7 Å². The average Bonchev–Trinajstić information content (AvgIpc) is 3.18. The largest absolute Gasteiger partial charge is 0.497 e. The van der Waals surface area contributed by atoms with E-state index in [4.69, 9.17) is 21.1 Å². The maximum atomic E-state index is 12.8. The van der Waals surface area contributed by atoms with Gasteiger partial charge in [-0.3, -0.25) is 4.79 Å². The Morgan fingerprint density at radius 2 is 1.96 bits per heavy atom. The van der Waals surface area contributed by atoms with Crippen molar-refractivity contribution in [1.82, 2.24) is 4.90 Å². The van der Waals surface area contributed by atoms with E-state index in [0.717, 1.165) is 47.2 Å². The number of amides is 1. The molecule has 1 fully saturated rings. The van der Waals surface area contributed by atoms with Crippen molar-refractivity contribution >= 4 is 29.3 Å². The van der Waals surface area contributed by atoms with Crippen LogP contribution in [0.2, 0.25) is 5.02 Å². The molecule has 144 valence electrons. The first-order chi connectivity index (χ1) is 13.1. The van der Waals surface area contributed by atoms with Crippen molar-refractivity contribution in [3.63, 3.8) is 0 Å². The maximum Gasteiger partial charge on any atom is 0.233 e. The van der Waals surface area contributed by atoms with Gasteiger partial charge in [0.25, 0.3) is 0 Å². The van der Waals surface area contributed by atoms with E-state index in [0.29, 0.717) is 5.75 Å². The predicted octanol–water partition coefficient (Wildman–Crippen LogP) is 4.95. The van der Waals surface area contributed by atoms with Crippen LogP contribution in [0.15, 0.2) is 42.5 Å². The van der Waals surface area contributed by atoms with Crippen molar-refractivity contribution in [2.75, 3.05) is 26.5 Å². The molecule has 2 aromatic carbocycles. The molecule has 1 saturated heterocycles. The molecule has 0 spiro atoms. The zero-order valence-corrected chi connectivity index (χ0v) is 17.2. The number of carbonyl (C=O) groups excluding carboxylic acids is 1. The van der Waals surface area contributed by atoms with Gasteiger partial charge < -0.3 is 14.4 Å². The molecule has 1 aliphatic rings. The first-order valence-corrected chi connectivity index (χ1v) is 10.5. The number of benzene rings is 2. The molecule has 6 heteroatoms. The highest BCUT2D eigenvalue weighted by Crippen LogP contribution is 2.39. The summed E-state index contributed by atoms with van der Waals surface area (Å²) in [5.41, 5.74) is 2.19. The summed E-state index contributed by atoms with van der Waals surface area (Å²) in [5, 5.41) is 0.729. The summed E-state index contributed by atoms with van der Waals surface area (Å²) >= 11 is 7.55. The van der Waals surface area contributed by atoms with Crippen LogP contribution in [0.25, 0.3) is 0 Å². The Kier molecular flexibility index (Phi) is 6.91. The molecule has 0 unspecified atom stereocenters. The van der Waals surface area contributed by atoms with E-state index in [2.05, 4.69) is 0 Å². The van der Waals surface area contributed by atoms with E-state index in [1.54, 1.807) is 26.0 Å². The van der Waals surface area contributed by atoms with Crippen LogP contribution in [-0.2, 0) is 10.5 Å². The molecule has 0 aromatic heterocycles. The Hall–Kier alpha value is -1.85. The molecule has 1 amide bonds. The first-order valence-electron chi connectivity index (χ1n) is 8.96. The summed E-state index contributed by atoms with van der Waals surface area (Å²) in [7, 11) is 3.31. The second kappa shape index (κ2) is 9.38. The number of hydrogen-bond acceptors (Lipinski definition) is 4. The van der Waals surface area contributed by atoms with Crippen LogP contribution in [0.5, 0.6) is 11.5 Å². The third-order valence-corrected chi connectivity index (χ3v) is 6.02. The minimum Gasteiger partial charge on any atom is -0.497 e. The number of halogens is 1. The highest BCUT2D eigenvalue weighted by atomic mass is 35.5. The molecule has 0 aliphatic carbocycles. The number of rotatable bonds is 7. The molecule has 0 bridgehead atoms. The summed E-state index contributed by atoms with van der Waals surface area (Å²) in [6.45, 7) is 0.783. The number of likely N-dealkylation sites (tertiary alicyclic amines) is 1. The van der Waals surface area contributed by atoms with Gasteiger partial charge in [0.05, 0.1) is 26.0 Å². The fourth-order valence-electron chi connectivity index (χ4n) is 3.41. The number of thioether (sulfide) groups is 1. The summed E-state index contributed by atoms with van der Waals surface area (Å²) in [4.78, 5) is 14.8. The smallest absolute Gasteiger partial charge is 0.233 e. The van der Waals surface area contributed by atoms with Gasteiger partial charge in [-0.25, -0.2) is 0 Å². The minimum atomic E-state index is 0.0404. The maximum absolute atomic E-state index is 12.8. The van der Waals surface area contributed by atoms with E-state index in [1.807, 2.05) is 47.4 Å². The van der Waals surface area contributed by atoms with Gasteiger partial charge in [0.15, 0.2) is 0 Å². The molecule has 1 heterocycles. The van der Waals surface area contributed by atoms with Crippen molar-refractivity contribution in [3.8, 4) is 11.5 Å². The Balaban J connectivity index is 1.65. The summed E-state index contributed by atoms with van der Waals surface area (Å²) in [5.74, 6) is 3.01. The Labute approximate surface area is 169 Å². The lowest BCUT2D eigenvalue weighted by molar-refractivity contribution is -0.129. The molecule has 0 saturated carbocycles. The van der Waals surface area contributed by atoms with Crippen LogP contribution in [-0.4, -0.2) is 37.3 Å². The van der Waals surface area contributed by atoms with Gasteiger partial charge in [0.2, 0.25) is 5.91 Å². The Bertz CT molecular complexity index is 781. The lowest BCUT2D eigenvalue weighted by Crippen LogP contribution is -2.32. The highest BCUT2D eigenvalue weighted by Gasteiger charge is 2.31. The average molecular weight is 406 g/mol. The fraction of sp³-hybridized carbons (Fsp3) is 0.381. The second-order valence-corrected chi connectivity index (χ2v) is 7.89. The summed E-state index contributed by atoms with van der Waals surface area (Å²) < 4.78 is 10.9. The molecule has 2 aromatic rings. The zero-order chi connectivity index (χ0) is 19.2. The van der Waals surface area contributed by atoms with E-state index < -0.39 is 0 Å². The quantitative estimate of drug-likeness (QED) is 0.653. The molecular formula is C21H24ClNO3S. The molecule has 3 rings (SSSR count). The lowest BCUT2D eigenvalue weighted by atomic mass is 10.0. The topological polar surface area (TPSA) is 38.8 Å². The van der Waals surface area contributed by atoms with Gasteiger partial charge in [-0.2, -0.15) is 0 Å². The van der Waals surface area contributed by atoms with E-state index in [1.165, 1.54) is 5.56 Å². The molecule has 0 radical (unpaired) electrons. The first kappa shape index (κ1) is 19.9. The number of ether oxygens (including phenoxy) is 2. The van der Waals surface area contributed by atoms with Crippen LogP contribution in [0.3, 0.4) is 0 Å². The van der Waals surface area contributed by atoms with Crippen molar-refractivity contribution in [2.24, 2.45) is 0 Å². The molecular weight excluding hydrogens is 382 g/mol. The van der Waals surface area contributed by atoms with Crippen LogP contribution in [0, 0.1) is 0 Å². The normalized spacial score (nSPS) is 16.4. The molecule has 4 nitrogen and oxygen atoms in total. The molecule has 1 aliphatic heterocycles. The van der Waals surface area contributed by atoms with Crippen molar-refractivity contribution < 1.29 is 14.3 Å². The van der Waals surface area contributed by atoms with Crippen molar-refractivity contribution in [3.05, 3.63) is 58.6 Å². The van der Waals surface area contributed by atoms with Crippen LogP contribution in [0.1, 0.15) is 30.0 Å². The SMILES string of the molecule is COc1ccc(OC)c([C@H]2CCCN2C(=O)CSCc2ccc(Cl)cc2)c1. The number of methoxy groups -OCH3 is 2. The molecule has 1 atom stereocenters. The van der Waals surface area contributed by atoms with Crippen LogP contribution in [0.4, 0.5) is 0 Å². The number of hydrogen-bond donors (Lipinski definition) is 0. The summed E-state index contributed by atoms with van der Waals surface area (Å²) in [6, 6.07) is 13.6. The highest BCUT2D eigenvalue weighted by molar-refractivity contribution is 7.99. The van der Waals surface area contributed by atoms with Crippen LogP contribution < -0.4 is 9.47 Å². The predicted molar refractivity (Wildman–Crippen MR) is 111 cm³/mol. The molecule has 27 heavy (non-hydrogen) atoms.